The van der Waals surface area contributed by atoms with Crippen molar-refractivity contribution in [1.29, 1.82) is 0 Å². The van der Waals surface area contributed by atoms with Gasteiger partial charge in [-0.15, -0.1) is 0 Å². The second kappa shape index (κ2) is 4.55. The van der Waals surface area contributed by atoms with Crippen LogP contribution in [0.5, 0.6) is 0 Å². The second-order valence-electron chi connectivity index (χ2n) is 4.83. The summed E-state index contributed by atoms with van der Waals surface area (Å²) in [5, 5.41) is 9.26. The summed E-state index contributed by atoms with van der Waals surface area (Å²) in [6.45, 7) is 1.57. The Morgan fingerprint density at radius 2 is 2.00 bits per heavy atom. The van der Waals surface area contributed by atoms with E-state index in [-0.39, 0.29) is 12.2 Å². The maximum absolute atomic E-state index is 11.3. The van der Waals surface area contributed by atoms with Crippen molar-refractivity contribution in [2.45, 2.75) is 25.0 Å². The van der Waals surface area contributed by atoms with Gasteiger partial charge in [-0.25, -0.2) is 4.79 Å². The van der Waals surface area contributed by atoms with Crippen LogP contribution in [-0.4, -0.2) is 36.4 Å². The average Bonchev–Trinajstić information content (AvgIpc) is 2.67. The van der Waals surface area contributed by atoms with Crippen LogP contribution in [0.25, 0.3) is 0 Å². The molecule has 2 bridgehead atoms. The predicted octanol–water partition coefficient (Wildman–Crippen LogP) is 2.51. The molecule has 2 atom stereocenters. The third-order valence-electron chi connectivity index (χ3n) is 3.57. The molecule has 4 nitrogen and oxygen atoms in total. The number of benzene rings is 1. The van der Waals surface area contributed by atoms with E-state index in [1.54, 1.807) is 12.1 Å². The van der Waals surface area contributed by atoms with Crippen molar-refractivity contribution >= 4 is 27.6 Å². The molecule has 0 spiro atoms. The quantitative estimate of drug-likeness (QED) is 0.912. The lowest BCUT2D eigenvalue weighted by atomic mass is 10.1. The van der Waals surface area contributed by atoms with Crippen molar-refractivity contribution < 1.29 is 14.6 Å². The molecule has 3 rings (SSSR count). The van der Waals surface area contributed by atoms with E-state index in [1.165, 1.54) is 0 Å². The van der Waals surface area contributed by atoms with Gasteiger partial charge >= 0.3 is 5.97 Å². The highest BCUT2D eigenvalue weighted by Crippen LogP contribution is 2.32. The van der Waals surface area contributed by atoms with Crippen LogP contribution in [0.15, 0.2) is 22.7 Å². The van der Waals surface area contributed by atoms with Crippen molar-refractivity contribution in [3.05, 3.63) is 28.2 Å². The van der Waals surface area contributed by atoms with E-state index in [0.29, 0.717) is 5.56 Å². The molecule has 2 fully saturated rings. The number of ether oxygens (including phenoxy) is 1. The number of hydrogen-bond acceptors (Lipinski definition) is 3. The largest absolute Gasteiger partial charge is 0.478 e. The van der Waals surface area contributed by atoms with Gasteiger partial charge in [0.05, 0.1) is 23.5 Å². The molecule has 2 aliphatic rings. The molecule has 5 heteroatoms. The fraction of sp³-hybridized carbons (Fsp3) is 0.462. The highest BCUT2D eigenvalue weighted by atomic mass is 79.9. The van der Waals surface area contributed by atoms with Crippen LogP contribution >= 0.6 is 15.9 Å². The lowest BCUT2D eigenvalue weighted by molar-refractivity contribution is 0.0303. The number of rotatable bonds is 2. The molecule has 2 aliphatic heterocycles. The first kappa shape index (κ1) is 12.0. The standard InChI is InChI=1S/C13H14BrNO3/c14-8-1-4-11(13(16)17)12(5-8)15-6-9-2-3-10(7-15)18-9/h1,4-5,9-10H,2-3,6-7H2,(H,16,17). The zero-order valence-corrected chi connectivity index (χ0v) is 11.4. The maximum Gasteiger partial charge on any atom is 0.337 e. The Morgan fingerprint density at radius 1 is 1.33 bits per heavy atom. The van der Waals surface area contributed by atoms with Gasteiger partial charge in [0.1, 0.15) is 0 Å². The van der Waals surface area contributed by atoms with E-state index in [9.17, 15) is 9.90 Å². The Morgan fingerprint density at radius 3 is 2.61 bits per heavy atom. The van der Waals surface area contributed by atoms with Gasteiger partial charge in [0, 0.05) is 17.6 Å². The van der Waals surface area contributed by atoms with Crippen LogP contribution in [0.1, 0.15) is 23.2 Å². The fourth-order valence-corrected chi connectivity index (χ4v) is 3.11. The molecule has 1 N–H and O–H groups in total. The normalized spacial score (nSPS) is 26.4. The van der Waals surface area contributed by atoms with Crippen molar-refractivity contribution in [3.8, 4) is 0 Å². The summed E-state index contributed by atoms with van der Waals surface area (Å²) in [5.41, 5.74) is 1.15. The summed E-state index contributed by atoms with van der Waals surface area (Å²) >= 11 is 3.41. The molecular weight excluding hydrogens is 298 g/mol. The lowest BCUT2D eigenvalue weighted by Gasteiger charge is -2.34. The number of nitrogens with zero attached hydrogens (tertiary/aromatic N) is 1. The number of hydrogen-bond donors (Lipinski definition) is 1. The zero-order chi connectivity index (χ0) is 12.7. The highest BCUT2D eigenvalue weighted by Gasteiger charge is 2.34. The minimum atomic E-state index is -0.878. The Labute approximate surface area is 114 Å². The van der Waals surface area contributed by atoms with Crippen LogP contribution in [0.4, 0.5) is 5.69 Å². The molecule has 2 unspecified atom stereocenters. The molecule has 0 aromatic heterocycles. The van der Waals surface area contributed by atoms with Gasteiger partial charge in [0.25, 0.3) is 0 Å². The van der Waals surface area contributed by atoms with Gasteiger partial charge in [-0.1, -0.05) is 15.9 Å². The van der Waals surface area contributed by atoms with Gasteiger partial charge in [-0.3, -0.25) is 0 Å². The molecular formula is C13H14BrNO3. The number of carboxylic acids is 1. The first-order chi connectivity index (χ1) is 8.63. The third kappa shape index (κ3) is 2.12. The van der Waals surface area contributed by atoms with E-state index in [1.807, 2.05) is 6.07 Å². The van der Waals surface area contributed by atoms with Crippen LogP contribution in [0.2, 0.25) is 0 Å². The number of morpholine rings is 1. The molecule has 2 saturated heterocycles. The Balaban J connectivity index is 1.95. The van der Waals surface area contributed by atoms with Crippen molar-refractivity contribution in [2.24, 2.45) is 0 Å². The van der Waals surface area contributed by atoms with E-state index < -0.39 is 5.97 Å². The van der Waals surface area contributed by atoms with Crippen molar-refractivity contribution in [1.82, 2.24) is 0 Å². The molecule has 0 aliphatic carbocycles. The smallest absolute Gasteiger partial charge is 0.337 e. The molecule has 0 saturated carbocycles. The van der Waals surface area contributed by atoms with Gasteiger partial charge in [0.2, 0.25) is 0 Å². The summed E-state index contributed by atoms with van der Waals surface area (Å²) in [7, 11) is 0. The molecule has 1 aromatic rings. The number of aromatic carboxylic acids is 1. The van der Waals surface area contributed by atoms with Crippen molar-refractivity contribution in [3.63, 3.8) is 0 Å². The average molecular weight is 312 g/mol. The van der Waals surface area contributed by atoms with E-state index >= 15 is 0 Å². The van der Waals surface area contributed by atoms with Gasteiger partial charge in [-0.2, -0.15) is 0 Å². The molecule has 0 radical (unpaired) electrons. The number of anilines is 1. The summed E-state index contributed by atoms with van der Waals surface area (Å²) in [6, 6.07) is 5.30. The lowest BCUT2D eigenvalue weighted by Crippen LogP contribution is -2.43. The first-order valence-corrected chi connectivity index (χ1v) is 6.86. The van der Waals surface area contributed by atoms with E-state index in [0.717, 1.165) is 36.1 Å². The fourth-order valence-electron chi connectivity index (χ4n) is 2.76. The Hall–Kier alpha value is -1.07. The molecule has 1 aromatic carbocycles. The SMILES string of the molecule is O=C(O)c1ccc(Br)cc1N1CC2CCC(C1)O2. The summed E-state index contributed by atoms with van der Waals surface area (Å²) in [4.78, 5) is 13.4. The maximum atomic E-state index is 11.3. The molecule has 18 heavy (non-hydrogen) atoms. The monoisotopic (exact) mass is 311 g/mol. The second-order valence-corrected chi connectivity index (χ2v) is 5.74. The van der Waals surface area contributed by atoms with Gasteiger partial charge in [-0.05, 0) is 31.0 Å². The molecule has 0 amide bonds. The highest BCUT2D eigenvalue weighted by molar-refractivity contribution is 9.10. The van der Waals surface area contributed by atoms with Crippen LogP contribution in [0.3, 0.4) is 0 Å². The zero-order valence-electron chi connectivity index (χ0n) is 9.80. The van der Waals surface area contributed by atoms with Crippen LogP contribution < -0.4 is 4.90 Å². The third-order valence-corrected chi connectivity index (χ3v) is 4.07. The minimum absolute atomic E-state index is 0.254. The Kier molecular flexibility index (Phi) is 3.03. The number of carboxylic acid groups (broad SMARTS) is 1. The van der Waals surface area contributed by atoms with Crippen LogP contribution in [-0.2, 0) is 4.74 Å². The molecule has 96 valence electrons. The summed E-state index contributed by atoms with van der Waals surface area (Å²) < 4.78 is 6.68. The first-order valence-electron chi connectivity index (χ1n) is 6.07. The summed E-state index contributed by atoms with van der Waals surface area (Å²) in [6.07, 6.45) is 2.67. The van der Waals surface area contributed by atoms with E-state index in [4.69, 9.17) is 4.74 Å². The predicted molar refractivity (Wildman–Crippen MR) is 71.2 cm³/mol. The molecule has 2 heterocycles. The summed E-state index contributed by atoms with van der Waals surface area (Å²) in [5.74, 6) is -0.878. The van der Waals surface area contributed by atoms with Crippen molar-refractivity contribution in [2.75, 3.05) is 18.0 Å². The van der Waals surface area contributed by atoms with Crippen LogP contribution in [0, 0.1) is 0 Å². The van der Waals surface area contributed by atoms with Gasteiger partial charge in [0.15, 0.2) is 0 Å². The van der Waals surface area contributed by atoms with Gasteiger partial charge < -0.3 is 14.7 Å². The minimum Gasteiger partial charge on any atom is -0.478 e. The topological polar surface area (TPSA) is 49.8 Å². The van der Waals surface area contributed by atoms with E-state index in [2.05, 4.69) is 20.8 Å². The number of carbonyl (C=O) groups is 1. The number of fused-ring (bicyclic) bond motifs is 2. The number of halogens is 1. The Bertz CT molecular complexity index is 479.